The van der Waals surface area contributed by atoms with Gasteiger partial charge in [-0.05, 0) is 34.1 Å². The summed E-state index contributed by atoms with van der Waals surface area (Å²) in [4.78, 5) is 27.2. The van der Waals surface area contributed by atoms with E-state index >= 15 is 0 Å². The molecule has 0 aliphatic carbocycles. The first-order valence-electron chi connectivity index (χ1n) is 11.9. The number of hydrogen-bond acceptors (Lipinski definition) is 6. The molecule has 1 aromatic rings. The van der Waals surface area contributed by atoms with Crippen LogP contribution in [0, 0.1) is 0 Å². The summed E-state index contributed by atoms with van der Waals surface area (Å²) in [6, 6.07) is 0. The van der Waals surface area contributed by atoms with E-state index in [4.69, 9.17) is 18.0 Å². The summed E-state index contributed by atoms with van der Waals surface area (Å²) >= 11 is 3.25. The lowest BCUT2D eigenvalue weighted by Crippen LogP contribution is -2.66. The van der Waals surface area contributed by atoms with Crippen molar-refractivity contribution in [1.82, 2.24) is 9.55 Å². The van der Waals surface area contributed by atoms with Gasteiger partial charge in [0.25, 0.3) is 5.56 Å². The third kappa shape index (κ3) is 4.73. The molecule has 1 unspecified atom stereocenters. The fraction of sp³-hybridized carbons (Fsp3) is 0.826. The Morgan fingerprint density at radius 3 is 2.15 bits per heavy atom. The zero-order chi connectivity index (χ0) is 26.1. The second-order valence-corrected chi connectivity index (χ2v) is 23.4. The largest absolute Gasteiger partial charge is 0.407 e. The molecular weight excluding hydrogens is 536 g/mol. The molecule has 11 heteroatoms. The van der Waals surface area contributed by atoms with E-state index in [9.17, 15) is 9.59 Å². The summed E-state index contributed by atoms with van der Waals surface area (Å²) in [5, 5.41) is -0.457. The van der Waals surface area contributed by atoms with Gasteiger partial charge in [-0.3, -0.25) is 14.3 Å². The van der Waals surface area contributed by atoms with Crippen LogP contribution in [0.1, 0.15) is 68.5 Å². The first-order valence-corrected chi connectivity index (χ1v) is 17.4. The van der Waals surface area contributed by atoms with Crippen LogP contribution in [-0.2, 0) is 18.0 Å². The van der Waals surface area contributed by atoms with Crippen molar-refractivity contribution in [1.29, 1.82) is 0 Å². The number of fused-ring (bicyclic) bond motifs is 1. The lowest BCUT2D eigenvalue weighted by atomic mass is 10.1. The van der Waals surface area contributed by atoms with Gasteiger partial charge in [-0.2, -0.15) is 0 Å². The molecule has 2 fully saturated rings. The van der Waals surface area contributed by atoms with Crippen LogP contribution in [0.4, 0.5) is 0 Å². The Kier molecular flexibility index (Phi) is 7.23. The van der Waals surface area contributed by atoms with Crippen molar-refractivity contribution in [3.05, 3.63) is 31.5 Å². The summed E-state index contributed by atoms with van der Waals surface area (Å²) < 4.78 is 28.6. The lowest BCUT2D eigenvalue weighted by molar-refractivity contribution is -0.0809. The van der Waals surface area contributed by atoms with E-state index in [2.05, 4.69) is 96.3 Å². The van der Waals surface area contributed by atoms with E-state index < -0.39 is 46.6 Å². The van der Waals surface area contributed by atoms with Crippen LogP contribution < -0.4 is 11.2 Å². The van der Waals surface area contributed by atoms with Gasteiger partial charge in [-0.1, -0.05) is 62.3 Å². The van der Waals surface area contributed by atoms with Gasteiger partial charge in [0, 0.05) is 16.3 Å². The number of hydrogen-bond donors (Lipinski definition) is 1. The highest BCUT2D eigenvalue weighted by atomic mass is 79.9. The molecule has 2 saturated heterocycles. The van der Waals surface area contributed by atoms with E-state index in [1.54, 1.807) is 0 Å². The van der Waals surface area contributed by atoms with Crippen LogP contribution in [-0.4, -0.2) is 51.3 Å². The van der Waals surface area contributed by atoms with Crippen molar-refractivity contribution in [3.8, 4) is 0 Å². The summed E-state index contributed by atoms with van der Waals surface area (Å²) in [7, 11) is -5.08. The number of halogens is 1. The molecule has 2 aliphatic rings. The fourth-order valence-corrected chi connectivity index (χ4v) is 11.4. The summed E-state index contributed by atoms with van der Waals surface area (Å²) in [6.45, 7) is 24.3. The number of H-pyrrole nitrogens is 1. The molecule has 3 rings (SSSR count). The zero-order valence-corrected chi connectivity index (χ0v) is 26.0. The second kappa shape index (κ2) is 8.77. The van der Waals surface area contributed by atoms with Crippen molar-refractivity contribution in [2.75, 3.05) is 6.61 Å². The number of rotatable bonds is 3. The highest BCUT2D eigenvalue weighted by Gasteiger charge is 2.65. The van der Waals surface area contributed by atoms with Gasteiger partial charge in [0.1, 0.15) is 18.3 Å². The van der Waals surface area contributed by atoms with Crippen LogP contribution >= 0.6 is 15.9 Å². The first kappa shape index (κ1) is 28.0. The Labute approximate surface area is 213 Å². The van der Waals surface area contributed by atoms with Gasteiger partial charge >= 0.3 is 14.3 Å². The number of nitrogens with zero attached hydrogens (tertiary/aromatic N) is 1. The van der Waals surface area contributed by atoms with Gasteiger partial charge in [-0.25, -0.2) is 4.79 Å². The van der Waals surface area contributed by atoms with Gasteiger partial charge in [0.2, 0.25) is 0 Å². The summed E-state index contributed by atoms with van der Waals surface area (Å²) in [6.07, 6.45) is -0.581. The Bertz CT molecular complexity index is 1020. The molecule has 0 saturated carbocycles. The molecule has 2 aliphatic heterocycles. The van der Waals surface area contributed by atoms with Crippen molar-refractivity contribution in [2.24, 2.45) is 0 Å². The van der Waals surface area contributed by atoms with Gasteiger partial charge in [-0.15, -0.1) is 0 Å². The van der Waals surface area contributed by atoms with E-state index in [0.717, 1.165) is 0 Å². The molecule has 1 aromatic heterocycles. The van der Waals surface area contributed by atoms with Crippen molar-refractivity contribution >= 4 is 32.8 Å². The average Bonchev–Trinajstić information content (AvgIpc) is 2.98. The lowest BCUT2D eigenvalue weighted by Gasteiger charge is -2.54. The number of ether oxygens (including phenoxy) is 1. The molecular formula is C23H41BrN2O6Si2. The average molecular weight is 578 g/mol. The smallest absolute Gasteiger partial charge is 0.349 e. The monoisotopic (exact) mass is 576 g/mol. The molecule has 0 amide bonds. The highest BCUT2D eigenvalue weighted by molar-refractivity contribution is 9.10. The third-order valence-electron chi connectivity index (χ3n) is 7.45. The van der Waals surface area contributed by atoms with Gasteiger partial charge in [0.15, 0.2) is 14.5 Å². The molecule has 4 atom stereocenters. The van der Waals surface area contributed by atoms with Crippen LogP contribution in [0.3, 0.4) is 0 Å². The molecule has 8 nitrogen and oxygen atoms in total. The van der Waals surface area contributed by atoms with E-state index in [0.29, 0.717) is 6.61 Å². The van der Waals surface area contributed by atoms with E-state index in [1.807, 2.05) is 0 Å². The summed E-state index contributed by atoms with van der Waals surface area (Å²) in [5.41, 5.74) is -1.03. The Morgan fingerprint density at radius 2 is 1.65 bits per heavy atom. The number of nitrogens with one attached hydrogen (secondary N) is 1. The fourth-order valence-electron chi connectivity index (χ4n) is 4.84. The molecule has 0 spiro atoms. The predicted octanol–water partition coefficient (Wildman–Crippen LogP) is 5.04. The SMILES string of the molecule is CC(C)(C)[Si](C)(C)O[C@H]1C2O[Si](C(C)(C)C)(C(C)(C)C)OC[C@H]2O[C@H]1n1cc(Br)c(=O)[nH]c1=O. The number of aromatic amines is 1. The van der Waals surface area contributed by atoms with Crippen LogP contribution in [0.15, 0.2) is 20.3 Å². The van der Waals surface area contributed by atoms with Crippen molar-refractivity contribution in [3.63, 3.8) is 0 Å². The Hall–Kier alpha value is -0.566. The van der Waals surface area contributed by atoms with E-state index in [-0.39, 0.29) is 25.7 Å². The van der Waals surface area contributed by atoms with Crippen LogP contribution in [0.25, 0.3) is 0 Å². The van der Waals surface area contributed by atoms with Crippen molar-refractivity contribution < 1.29 is 18.0 Å². The highest BCUT2D eigenvalue weighted by Crippen LogP contribution is 2.56. The summed E-state index contributed by atoms with van der Waals surface area (Å²) in [5.74, 6) is 0. The van der Waals surface area contributed by atoms with Crippen molar-refractivity contribution in [2.45, 2.75) is 115 Å². The topological polar surface area (TPSA) is 91.8 Å². The van der Waals surface area contributed by atoms with Gasteiger partial charge < -0.3 is 18.0 Å². The molecule has 34 heavy (non-hydrogen) atoms. The van der Waals surface area contributed by atoms with E-state index in [1.165, 1.54) is 10.8 Å². The standard InChI is InChI=1S/C23H41BrN2O6Si2/c1-21(2,3)33(10,11)31-17-16-15(13-29-34(32-16,22(4,5)6)23(7,8)9)30-19(17)26-12-14(24)18(27)25-20(26)28/h12,15-17,19H,13H2,1-11H3,(H,25,27,28)/t15-,16?,17+,19-/m1/s1. The first-order chi connectivity index (χ1) is 15.2. The Morgan fingerprint density at radius 1 is 1.09 bits per heavy atom. The van der Waals surface area contributed by atoms with Crippen LogP contribution in [0.2, 0.25) is 28.2 Å². The number of aromatic nitrogens is 2. The Balaban J connectivity index is 2.14. The van der Waals surface area contributed by atoms with Gasteiger partial charge in [0.05, 0.1) is 11.1 Å². The maximum atomic E-state index is 12.8. The zero-order valence-electron chi connectivity index (χ0n) is 22.4. The normalized spacial score (nSPS) is 28.1. The minimum absolute atomic E-state index is 0.0556. The van der Waals surface area contributed by atoms with Crippen LogP contribution in [0.5, 0.6) is 0 Å². The maximum absolute atomic E-state index is 12.8. The quantitative estimate of drug-likeness (QED) is 0.506. The second-order valence-electron chi connectivity index (χ2n) is 13.1. The third-order valence-corrected chi connectivity index (χ3v) is 17.6. The molecule has 194 valence electrons. The minimum atomic E-state index is -2.80. The maximum Gasteiger partial charge on any atom is 0.349 e. The molecule has 3 heterocycles. The molecule has 1 N–H and O–H groups in total. The minimum Gasteiger partial charge on any atom is -0.407 e. The molecule has 0 bridgehead atoms. The predicted molar refractivity (Wildman–Crippen MR) is 141 cm³/mol. The molecule has 0 aromatic carbocycles. The molecule has 0 radical (unpaired) electrons.